The van der Waals surface area contributed by atoms with Crippen LogP contribution in [-0.4, -0.2) is 4.57 Å². The van der Waals surface area contributed by atoms with Gasteiger partial charge in [0.2, 0.25) is 0 Å². The lowest BCUT2D eigenvalue weighted by atomic mass is 9.96. The van der Waals surface area contributed by atoms with Crippen LogP contribution in [0.25, 0.3) is 69.9 Å². The summed E-state index contributed by atoms with van der Waals surface area (Å²) in [6.07, 6.45) is 0.279. The maximum Gasteiger partial charge on any atom is 0.178 e. The average molecular weight is 711 g/mol. The molecule has 3 atom stereocenters. The second-order valence-electron chi connectivity index (χ2n) is 14.3. The summed E-state index contributed by atoms with van der Waals surface area (Å²) in [6.45, 7) is 0. The van der Waals surface area contributed by atoms with Gasteiger partial charge in [0.25, 0.3) is 0 Å². The molecule has 0 saturated carbocycles. The molecule has 0 bridgehead atoms. The summed E-state index contributed by atoms with van der Waals surface area (Å²) in [5, 5.41) is 9.12. The molecule has 2 N–H and O–H groups in total. The predicted octanol–water partition coefficient (Wildman–Crippen LogP) is 12.0. The first-order chi connectivity index (χ1) is 26.8. The van der Waals surface area contributed by atoms with E-state index in [1.807, 2.05) is 11.3 Å². The Labute approximate surface area is 318 Å². The van der Waals surface area contributed by atoms with Crippen LogP contribution >= 0.6 is 11.3 Å². The minimum absolute atomic E-state index is 0.127. The first-order valence-corrected chi connectivity index (χ1v) is 19.5. The van der Waals surface area contributed by atoms with Crippen LogP contribution in [0.4, 0.5) is 5.69 Å². The van der Waals surface area contributed by atoms with E-state index < -0.39 is 0 Å². The van der Waals surface area contributed by atoms with Gasteiger partial charge in [0.1, 0.15) is 5.69 Å². The molecule has 8 aromatic carbocycles. The molecular formula is C50H36N3S+. The van der Waals surface area contributed by atoms with Crippen molar-refractivity contribution in [3.8, 4) is 27.9 Å². The summed E-state index contributed by atoms with van der Waals surface area (Å²) in [4.78, 5) is 1.40. The molecule has 0 amide bonds. The molecule has 1 aliphatic rings. The number of aromatic nitrogens is 1. The zero-order valence-electron chi connectivity index (χ0n) is 29.5. The van der Waals surface area contributed by atoms with Gasteiger partial charge in [0.15, 0.2) is 12.3 Å². The second-order valence-corrected chi connectivity index (χ2v) is 15.4. The van der Waals surface area contributed by atoms with Crippen molar-refractivity contribution in [2.75, 3.05) is 0 Å². The van der Waals surface area contributed by atoms with Crippen LogP contribution in [0.3, 0.4) is 0 Å². The molecule has 3 nitrogen and oxygen atoms in total. The van der Waals surface area contributed by atoms with Crippen LogP contribution in [0, 0.1) is 0 Å². The number of rotatable bonds is 6. The predicted molar refractivity (Wildman–Crippen MR) is 227 cm³/mol. The Bertz CT molecular complexity index is 2980. The van der Waals surface area contributed by atoms with Crippen molar-refractivity contribution in [3.05, 3.63) is 205 Å². The lowest BCUT2D eigenvalue weighted by Crippen LogP contribution is -3.19. The van der Waals surface area contributed by atoms with Gasteiger partial charge in [-0.25, -0.2) is 5.32 Å². The van der Waals surface area contributed by atoms with E-state index in [1.54, 1.807) is 0 Å². The third-order valence-corrected chi connectivity index (χ3v) is 12.5. The molecule has 1 saturated heterocycles. The zero-order chi connectivity index (χ0) is 35.6. The number of benzene rings is 8. The third-order valence-electron chi connectivity index (χ3n) is 11.3. The molecule has 0 aliphatic carbocycles. The van der Waals surface area contributed by atoms with Gasteiger partial charge in [-0.15, -0.1) is 11.3 Å². The van der Waals surface area contributed by atoms with Gasteiger partial charge in [-0.1, -0.05) is 140 Å². The molecule has 1 fully saturated rings. The molecule has 3 unspecified atom stereocenters. The summed E-state index contributed by atoms with van der Waals surface area (Å²) < 4.78 is 5.11. The normalized spacial score (nSPS) is 17.0. The fourth-order valence-electron chi connectivity index (χ4n) is 8.67. The van der Waals surface area contributed by atoms with Gasteiger partial charge < -0.3 is 4.57 Å². The van der Waals surface area contributed by atoms with E-state index in [-0.39, 0.29) is 12.3 Å². The highest BCUT2D eigenvalue weighted by molar-refractivity contribution is 7.26. The van der Waals surface area contributed by atoms with Gasteiger partial charge in [-0.05, 0) is 64.7 Å². The van der Waals surface area contributed by atoms with Crippen molar-refractivity contribution in [2.24, 2.45) is 0 Å². The third kappa shape index (κ3) is 5.03. The van der Waals surface area contributed by atoms with E-state index in [4.69, 9.17) is 0 Å². The maximum atomic E-state index is 3.93. The number of para-hydroxylation sites is 1. The standard InChI is InChI=1S/C50H35N3S/c1-3-13-33(14-4-1)35-17-11-18-37(31-35)50-51-49(34-15-5-2-6-16-34)53(50)39-28-26-38(27-29-39)52-45-23-9-7-19-41(45)44-32-36(25-30-46(44)52)40-21-12-22-43-42-20-8-10-24-47(42)54-48(40)43/h1-32,49-51H/p+1. The molecule has 3 heterocycles. The Balaban J connectivity index is 0.992. The smallest absolute Gasteiger partial charge is 0.178 e. The van der Waals surface area contributed by atoms with Gasteiger partial charge in [0.05, 0.1) is 11.0 Å². The van der Waals surface area contributed by atoms with E-state index in [0.717, 1.165) is 5.69 Å². The molecule has 1 aliphatic heterocycles. The quantitative estimate of drug-likeness (QED) is 0.176. The molecule has 11 rings (SSSR count). The van der Waals surface area contributed by atoms with Crippen molar-refractivity contribution < 1.29 is 4.90 Å². The highest BCUT2D eigenvalue weighted by atomic mass is 32.1. The van der Waals surface area contributed by atoms with Crippen molar-refractivity contribution in [2.45, 2.75) is 12.3 Å². The number of hydrogen-bond donors (Lipinski definition) is 2. The van der Waals surface area contributed by atoms with Crippen molar-refractivity contribution >= 4 is 59.0 Å². The van der Waals surface area contributed by atoms with Crippen molar-refractivity contribution in [1.82, 2.24) is 9.88 Å². The van der Waals surface area contributed by atoms with Gasteiger partial charge in [-0.2, -0.15) is 0 Å². The summed E-state index contributed by atoms with van der Waals surface area (Å²) in [5.74, 6) is 0. The minimum atomic E-state index is 0.127. The van der Waals surface area contributed by atoms with Crippen LogP contribution < -0.4 is 10.2 Å². The first kappa shape index (κ1) is 31.2. The van der Waals surface area contributed by atoms with E-state index >= 15 is 0 Å². The summed E-state index contributed by atoms with van der Waals surface area (Å²) in [5.41, 5.74) is 12.4. The number of thiophene rings is 1. The fourth-order valence-corrected chi connectivity index (χ4v) is 9.91. The van der Waals surface area contributed by atoms with E-state index in [2.05, 4.69) is 204 Å². The number of nitrogens with zero attached hydrogens (tertiary/aromatic N) is 1. The highest BCUT2D eigenvalue weighted by Gasteiger charge is 2.45. The Morgan fingerprint density at radius 2 is 1.09 bits per heavy atom. The van der Waals surface area contributed by atoms with Crippen LogP contribution in [0.1, 0.15) is 23.5 Å². The lowest BCUT2D eigenvalue weighted by Gasteiger charge is -2.45. The van der Waals surface area contributed by atoms with Crippen molar-refractivity contribution in [1.29, 1.82) is 0 Å². The Kier molecular flexibility index (Phi) is 7.34. The molecule has 4 heteroatoms. The molecule has 256 valence electrons. The number of quaternary nitrogens is 1. The Hall–Kier alpha value is -6.30. The average Bonchev–Trinajstić information content (AvgIpc) is 3.77. The number of fused-ring (bicyclic) bond motifs is 6. The van der Waals surface area contributed by atoms with Crippen LogP contribution in [-0.2, 0) is 0 Å². The SMILES string of the molecule is c1ccc(-c2cccc(C3NC(c4ccccc4)[NH+]3c3ccc(-n4c5ccccc5c5cc(-c6cccc7c6sc6ccccc67)ccc54)cc3)c2)cc1. The summed E-state index contributed by atoms with van der Waals surface area (Å²) in [6, 6.07) is 71.1. The topological polar surface area (TPSA) is 21.4 Å². The summed E-state index contributed by atoms with van der Waals surface area (Å²) in [7, 11) is 0. The molecule has 0 spiro atoms. The second kappa shape index (κ2) is 12.7. The number of hydrogen-bond acceptors (Lipinski definition) is 2. The molecule has 10 aromatic rings. The van der Waals surface area contributed by atoms with Crippen LogP contribution in [0.15, 0.2) is 194 Å². The summed E-state index contributed by atoms with van der Waals surface area (Å²) >= 11 is 1.89. The van der Waals surface area contributed by atoms with Gasteiger partial charge >= 0.3 is 0 Å². The monoisotopic (exact) mass is 710 g/mol. The van der Waals surface area contributed by atoms with E-state index in [0.29, 0.717) is 0 Å². The number of nitrogens with one attached hydrogen (secondary N) is 2. The Morgan fingerprint density at radius 1 is 0.444 bits per heavy atom. The van der Waals surface area contributed by atoms with E-state index in [1.165, 1.54) is 85.9 Å². The Morgan fingerprint density at radius 3 is 1.94 bits per heavy atom. The van der Waals surface area contributed by atoms with Crippen molar-refractivity contribution in [3.63, 3.8) is 0 Å². The molecular weight excluding hydrogens is 675 g/mol. The highest BCUT2D eigenvalue weighted by Crippen LogP contribution is 2.42. The lowest BCUT2D eigenvalue weighted by molar-refractivity contribution is -0.962. The maximum absolute atomic E-state index is 3.93. The van der Waals surface area contributed by atoms with Crippen LogP contribution in [0.2, 0.25) is 0 Å². The zero-order valence-corrected chi connectivity index (χ0v) is 30.3. The van der Waals surface area contributed by atoms with E-state index in [9.17, 15) is 0 Å². The molecule has 2 aromatic heterocycles. The van der Waals surface area contributed by atoms with Gasteiger partial charge in [0, 0.05) is 59.9 Å². The first-order valence-electron chi connectivity index (χ1n) is 18.7. The minimum Gasteiger partial charge on any atom is -0.309 e. The molecule has 0 radical (unpaired) electrons. The van der Waals surface area contributed by atoms with Gasteiger partial charge in [-0.3, -0.25) is 4.90 Å². The molecule has 54 heavy (non-hydrogen) atoms. The van der Waals surface area contributed by atoms with Crippen LogP contribution in [0.5, 0.6) is 0 Å². The largest absolute Gasteiger partial charge is 0.309 e. The fraction of sp³-hybridized carbons (Fsp3) is 0.0400.